The lowest BCUT2D eigenvalue weighted by atomic mass is 9.96. The summed E-state index contributed by atoms with van der Waals surface area (Å²) >= 11 is 1.30. The number of nitrogens with zero attached hydrogens (tertiary/aromatic N) is 1. The van der Waals surface area contributed by atoms with Gasteiger partial charge in [-0.3, -0.25) is 82.1 Å². The molecule has 31 N–H and O–H groups in total. The molecule has 0 aliphatic rings. The minimum atomic E-state index is -1.88. The zero-order valence-corrected chi connectivity index (χ0v) is 74.0. The van der Waals surface area contributed by atoms with Gasteiger partial charge in [0.1, 0.15) is 90.6 Å². The van der Waals surface area contributed by atoms with E-state index in [1.165, 1.54) is 45.1 Å². The highest BCUT2D eigenvalue weighted by Gasteiger charge is 2.40. The number of unbranched alkanes of at least 4 members (excludes halogenated alkanes) is 2. The highest BCUT2D eigenvalue weighted by molar-refractivity contribution is 7.98. The van der Waals surface area contributed by atoms with Gasteiger partial charge in [0.25, 0.3) is 0 Å². The van der Waals surface area contributed by atoms with E-state index in [2.05, 4.69) is 89.7 Å². The number of carbonyl (C=O) groups excluding carboxylic acids is 16. The number of nitrogens with two attached hydrogens (primary N) is 6. The van der Waals surface area contributed by atoms with Crippen molar-refractivity contribution in [1.82, 2.24) is 89.7 Å². The van der Waals surface area contributed by atoms with Crippen LogP contribution in [0.25, 0.3) is 0 Å². The smallest absolute Gasteiger partial charge is 0.326 e. The SMILES string of the molecule is CC[C@H](C)[C@H](NC(=O)[C@H](Cc1ccccc1)NC(=O)[C@@H](NC(=O)[C@H](C)NC(=O)[C@H](CCSC)NC(=O)[C@@H](CCC(N)=O)NC(=O)[C@@H](NC(=O)[C@H](C)NC(=O)[C@@H](N)[C@@H](C)O)C(C)C)C(C)C)C(=O)N[C@@H](Cc1cnc[nH]1)C(=O)N[C@@H](CC(N)=O)C(=O)N[C@@H](Cc1ccccc1)C(=O)N[C@@H](CCCCN)C(=O)N[C@@H](CCCNC(=N)N)C(=O)N[C@@H](CCCCN)C(=O)O. The number of aliphatic hydroxyl groups excluding tert-OH is 1. The average Bonchev–Trinajstić information content (AvgIpc) is 0.970. The van der Waals surface area contributed by atoms with E-state index in [1.807, 2.05) is 0 Å². The Balaban J connectivity index is 1.98. The molecule has 0 saturated carbocycles. The van der Waals surface area contributed by atoms with Crippen molar-refractivity contribution in [2.75, 3.05) is 31.6 Å². The van der Waals surface area contributed by atoms with Gasteiger partial charge >= 0.3 is 5.97 Å². The van der Waals surface area contributed by atoms with E-state index in [9.17, 15) is 82.1 Å². The largest absolute Gasteiger partial charge is 0.480 e. The van der Waals surface area contributed by atoms with Crippen molar-refractivity contribution in [1.29, 1.82) is 5.41 Å². The van der Waals surface area contributed by atoms with Crippen molar-refractivity contribution in [3.05, 3.63) is 90.0 Å². The van der Waals surface area contributed by atoms with Crippen LogP contribution < -0.4 is 114 Å². The number of nitrogens with one attached hydrogen (secondary N) is 17. The van der Waals surface area contributed by atoms with E-state index in [-0.39, 0.29) is 108 Å². The average molecular weight is 1790 g/mol. The predicted molar refractivity (Wildman–Crippen MR) is 468 cm³/mol. The van der Waals surface area contributed by atoms with Crippen molar-refractivity contribution in [3.63, 3.8) is 0 Å². The standard InChI is InChI=1S/C82H132N24O19S/c1-11-45(6)66(106-76(119)58(38-50-25-16-13-17-26-50)102-79(122)65(44(4)5)105-67(110)46(7)93-69(112)55(32-36-126-10)97-72(115)54(30-31-61(85)108)98-78(121)64(43(2)3)104-68(111)47(8)94-77(120)63(87)48(9)107)80(123)103-59(39-51-41-90-42-92-51)74(117)101-60(40-62(86)109)75(118)100-57(37-49-23-14-12-15-24-49)73(116)96-52(27-18-20-33-83)70(113)95-53(29-22-35-91-82(88)89)71(114)99-56(81(124)125)28-19-21-34-84/h12-17,23-26,41-48,52-60,63-66,107H,11,18-22,27-40,83-84,87H2,1-10H3,(H2,85,108)(H2,86,109)(H,90,92)(H,93,112)(H,94,120)(H,95,113)(H,96,116)(H,97,115)(H,98,121)(H,99,114)(H,100,118)(H,101,117)(H,102,122)(H,103,123)(H,104,111)(H,105,110)(H,106,119)(H,124,125)(H4,88,89,91)/t45-,46-,47-,48+,52-,53-,54+,55-,56-,57-,58-,59-,60-,63-,64-,65-,66-/m0/s1. The number of thioether (sulfide) groups is 1. The number of aromatic nitrogens is 2. The number of benzene rings is 2. The zero-order chi connectivity index (χ0) is 94.4. The number of hydrogen-bond acceptors (Lipinski definition) is 24. The van der Waals surface area contributed by atoms with Crippen molar-refractivity contribution < 1.29 is 91.7 Å². The first-order chi connectivity index (χ1) is 59.5. The summed E-state index contributed by atoms with van der Waals surface area (Å²) in [5, 5.41) is 66.2. The first-order valence-electron chi connectivity index (χ1n) is 42.1. The third kappa shape index (κ3) is 39.5. The summed E-state index contributed by atoms with van der Waals surface area (Å²) in [5.74, 6) is -18.5. The Morgan fingerprint density at radius 2 is 0.810 bits per heavy atom. The molecule has 700 valence electrons. The lowest BCUT2D eigenvalue weighted by molar-refractivity contribution is -0.142. The zero-order valence-electron chi connectivity index (χ0n) is 73.2. The van der Waals surface area contributed by atoms with Gasteiger partial charge in [0.2, 0.25) is 94.5 Å². The molecule has 43 nitrogen and oxygen atoms in total. The molecule has 1 heterocycles. The van der Waals surface area contributed by atoms with Crippen molar-refractivity contribution >= 4 is 118 Å². The monoisotopic (exact) mass is 1790 g/mol. The van der Waals surface area contributed by atoms with Gasteiger partial charge < -0.3 is 129 Å². The van der Waals surface area contributed by atoms with Gasteiger partial charge in [-0.15, -0.1) is 0 Å². The number of guanidine groups is 1. The Morgan fingerprint density at radius 3 is 1.23 bits per heavy atom. The summed E-state index contributed by atoms with van der Waals surface area (Å²) in [6, 6.07) is -5.38. The molecule has 44 heteroatoms. The molecule has 0 unspecified atom stereocenters. The second-order valence-corrected chi connectivity index (χ2v) is 32.6. The van der Waals surface area contributed by atoms with Gasteiger partial charge in [-0.25, -0.2) is 9.78 Å². The van der Waals surface area contributed by atoms with Gasteiger partial charge in [0.15, 0.2) is 5.96 Å². The van der Waals surface area contributed by atoms with E-state index >= 15 is 9.59 Å². The summed E-state index contributed by atoms with van der Waals surface area (Å²) in [6.07, 6.45) is 2.20. The van der Waals surface area contributed by atoms with Crippen LogP contribution in [0.5, 0.6) is 0 Å². The number of rotatable bonds is 60. The number of amides is 16. The van der Waals surface area contributed by atoms with Crippen LogP contribution in [0.2, 0.25) is 0 Å². The normalized spacial score (nSPS) is 15.2. The minimum absolute atomic E-state index is 0.0155. The van der Waals surface area contributed by atoms with E-state index in [0.29, 0.717) is 30.4 Å². The molecule has 0 fully saturated rings. The van der Waals surface area contributed by atoms with Crippen LogP contribution in [-0.2, 0) is 101 Å². The fourth-order valence-electron chi connectivity index (χ4n) is 12.7. The number of primary amides is 2. The second kappa shape index (κ2) is 56.9. The number of aliphatic carboxylic acids is 1. The maximum absolute atomic E-state index is 15.0. The number of aliphatic hydroxyl groups is 1. The van der Waals surface area contributed by atoms with Crippen LogP contribution in [0.1, 0.15) is 163 Å². The molecule has 0 aliphatic heterocycles. The Bertz CT molecular complexity index is 4080. The van der Waals surface area contributed by atoms with E-state index in [0.717, 1.165) is 0 Å². The second-order valence-electron chi connectivity index (χ2n) is 31.6. The Kier molecular flexibility index (Phi) is 48.9. The molecule has 3 rings (SSSR count). The third-order valence-electron chi connectivity index (χ3n) is 20.4. The lowest BCUT2D eigenvalue weighted by Gasteiger charge is -2.30. The molecular weight excluding hydrogens is 1660 g/mol. The van der Waals surface area contributed by atoms with Gasteiger partial charge in [-0.2, -0.15) is 11.8 Å². The molecule has 17 atom stereocenters. The van der Waals surface area contributed by atoms with Crippen LogP contribution in [-0.4, -0.2) is 255 Å². The summed E-state index contributed by atoms with van der Waals surface area (Å²) in [6.45, 7) is 14.1. The van der Waals surface area contributed by atoms with Crippen LogP contribution in [0.3, 0.4) is 0 Å². The molecule has 1 aromatic heterocycles. The Labute approximate surface area is 737 Å². The molecule has 0 spiro atoms. The van der Waals surface area contributed by atoms with Crippen molar-refractivity contribution in [2.45, 2.75) is 262 Å². The highest BCUT2D eigenvalue weighted by atomic mass is 32.2. The van der Waals surface area contributed by atoms with Gasteiger partial charge in [0.05, 0.1) is 18.9 Å². The van der Waals surface area contributed by atoms with Crippen molar-refractivity contribution in [2.24, 2.45) is 52.2 Å². The molecule has 0 bridgehead atoms. The fraction of sp³-hybridized carbons (Fsp3) is 0.598. The quantitative estimate of drug-likeness (QED) is 0.0143. The first-order valence-corrected chi connectivity index (χ1v) is 43.5. The first kappa shape index (κ1) is 108. The number of hydrogen-bond donors (Lipinski definition) is 25. The maximum Gasteiger partial charge on any atom is 0.326 e. The number of H-pyrrole nitrogens is 1. The molecule has 126 heavy (non-hydrogen) atoms. The Hall–Kier alpha value is -11.9. The maximum atomic E-state index is 15.0. The van der Waals surface area contributed by atoms with Crippen LogP contribution >= 0.6 is 11.8 Å². The van der Waals surface area contributed by atoms with Gasteiger partial charge in [-0.1, -0.05) is 109 Å². The summed E-state index contributed by atoms with van der Waals surface area (Å²) < 4.78 is 0. The molecule has 2 aromatic carbocycles. The summed E-state index contributed by atoms with van der Waals surface area (Å²) in [4.78, 5) is 244. The number of imidazole rings is 1. The van der Waals surface area contributed by atoms with E-state index in [1.54, 1.807) is 108 Å². The number of carbonyl (C=O) groups is 17. The topological polar surface area (TPSA) is 720 Å². The summed E-state index contributed by atoms with van der Waals surface area (Å²) in [7, 11) is 0. The highest BCUT2D eigenvalue weighted by Crippen LogP contribution is 2.17. The van der Waals surface area contributed by atoms with Gasteiger partial charge in [0, 0.05) is 44.1 Å². The van der Waals surface area contributed by atoms with E-state index < -0.39 is 228 Å². The predicted octanol–water partition coefficient (Wildman–Crippen LogP) is -5.17. The molecular formula is C82H132N24O19S. The van der Waals surface area contributed by atoms with Gasteiger partial charge in [-0.05, 0) is 139 Å². The third-order valence-corrected chi connectivity index (χ3v) is 21.1. The molecule has 3 aromatic rings. The van der Waals surface area contributed by atoms with Crippen LogP contribution in [0, 0.1) is 23.2 Å². The van der Waals surface area contributed by atoms with E-state index in [4.69, 9.17) is 39.8 Å². The number of aromatic amines is 1. The summed E-state index contributed by atoms with van der Waals surface area (Å²) in [5.41, 5.74) is 35.1. The Morgan fingerprint density at radius 1 is 0.437 bits per heavy atom. The molecule has 0 saturated heterocycles. The lowest BCUT2D eigenvalue weighted by Crippen LogP contribution is -2.62. The van der Waals surface area contributed by atoms with Crippen LogP contribution in [0.15, 0.2) is 73.2 Å². The fourth-order valence-corrected chi connectivity index (χ4v) is 13.2. The van der Waals surface area contributed by atoms with Crippen molar-refractivity contribution in [3.8, 4) is 0 Å². The number of carboxylic acids is 1. The molecule has 0 aliphatic carbocycles. The van der Waals surface area contributed by atoms with Crippen LogP contribution in [0.4, 0.5) is 0 Å². The minimum Gasteiger partial charge on any atom is -0.480 e. The number of carboxylic acid groups (broad SMARTS) is 1. The molecule has 0 radical (unpaired) electrons. The molecule has 16 amide bonds.